The summed E-state index contributed by atoms with van der Waals surface area (Å²) in [6, 6.07) is 4.46. The van der Waals surface area contributed by atoms with Gasteiger partial charge in [-0.1, -0.05) is 0 Å². The van der Waals surface area contributed by atoms with Gasteiger partial charge in [0.05, 0.1) is 10.9 Å². The van der Waals surface area contributed by atoms with Crippen LogP contribution in [0.1, 0.15) is 40.0 Å². The Morgan fingerprint density at radius 3 is 2.49 bits per heavy atom. The minimum absolute atomic E-state index is 0.0459. The number of carbonyl (C=O) groups is 1. The van der Waals surface area contributed by atoms with Gasteiger partial charge in [-0.2, -0.15) is 0 Å². The number of fused-ring (bicyclic) bond motifs is 1. The molecule has 0 amide bonds. The van der Waals surface area contributed by atoms with E-state index in [4.69, 9.17) is 9.47 Å². The van der Waals surface area contributed by atoms with E-state index in [0.29, 0.717) is 22.7 Å². The van der Waals surface area contributed by atoms with Gasteiger partial charge in [0.2, 0.25) is 0 Å². The highest BCUT2D eigenvalue weighted by atomic mass is 16.5. The van der Waals surface area contributed by atoms with Crippen LogP contribution >= 0.6 is 0 Å². The number of nitrogens with zero attached hydrogens (tertiary/aromatic N) is 5. The zero-order valence-electron chi connectivity index (χ0n) is 21.9. The topological polar surface area (TPSA) is 80.1 Å². The second-order valence-corrected chi connectivity index (χ2v) is 11.1. The number of aromatic nitrogens is 2. The minimum Gasteiger partial charge on any atom is -0.489 e. The van der Waals surface area contributed by atoms with Gasteiger partial charge in [0, 0.05) is 44.0 Å². The van der Waals surface area contributed by atoms with E-state index in [2.05, 4.69) is 40.8 Å². The van der Waals surface area contributed by atoms with Crippen LogP contribution in [0.25, 0.3) is 10.9 Å². The van der Waals surface area contributed by atoms with Gasteiger partial charge in [-0.25, -0.2) is 4.98 Å². The first kappa shape index (κ1) is 25.4. The Kier molecular flexibility index (Phi) is 7.38. The predicted octanol–water partition coefficient (Wildman–Crippen LogP) is 2.56. The van der Waals surface area contributed by atoms with Gasteiger partial charge in [0.15, 0.2) is 6.73 Å². The summed E-state index contributed by atoms with van der Waals surface area (Å²) in [6.07, 6.45) is 4.41. The predicted molar refractivity (Wildman–Crippen MR) is 137 cm³/mol. The van der Waals surface area contributed by atoms with Crippen LogP contribution in [0.2, 0.25) is 0 Å². The number of likely N-dealkylation sites (tertiary alicyclic amines) is 1. The molecule has 0 N–H and O–H groups in total. The number of hydrogen-bond acceptors (Lipinski definition) is 8. The molecule has 35 heavy (non-hydrogen) atoms. The summed E-state index contributed by atoms with van der Waals surface area (Å²) in [5.41, 5.74) is 0.709. The van der Waals surface area contributed by atoms with Gasteiger partial charge < -0.3 is 24.2 Å². The Morgan fingerprint density at radius 2 is 1.86 bits per heavy atom. The SMILES string of the molecule is CN1CCC(Oc2cc(N3CC[C@@H](N(C)C)C3)cc3ncn(COC(=O)C(C)(C)C)c(=O)c23)CC1. The summed E-state index contributed by atoms with van der Waals surface area (Å²) in [4.78, 5) is 37.2. The number of esters is 1. The molecular formula is C26H39N5O4. The number of rotatable bonds is 6. The van der Waals surface area contributed by atoms with Crippen molar-refractivity contribution in [1.29, 1.82) is 0 Å². The Hall–Kier alpha value is -2.65. The zero-order valence-corrected chi connectivity index (χ0v) is 21.9. The molecule has 3 heterocycles. The summed E-state index contributed by atoms with van der Waals surface area (Å²) in [5.74, 6) is 0.196. The molecule has 9 nitrogen and oxygen atoms in total. The average molecular weight is 486 g/mol. The van der Waals surface area contributed by atoms with Gasteiger partial charge in [-0.15, -0.1) is 0 Å². The van der Waals surface area contributed by atoms with Crippen LogP contribution < -0.4 is 15.2 Å². The largest absolute Gasteiger partial charge is 0.489 e. The number of anilines is 1. The van der Waals surface area contributed by atoms with E-state index < -0.39 is 5.41 Å². The van der Waals surface area contributed by atoms with Crippen molar-refractivity contribution in [3.8, 4) is 5.75 Å². The molecule has 1 atom stereocenters. The van der Waals surface area contributed by atoms with Gasteiger partial charge in [0.25, 0.3) is 5.56 Å². The summed E-state index contributed by atoms with van der Waals surface area (Å²) in [5, 5.41) is 0.436. The second-order valence-electron chi connectivity index (χ2n) is 11.1. The fourth-order valence-corrected chi connectivity index (χ4v) is 4.62. The van der Waals surface area contributed by atoms with E-state index in [1.54, 1.807) is 20.8 Å². The van der Waals surface area contributed by atoms with Crippen molar-refractivity contribution < 1.29 is 14.3 Å². The minimum atomic E-state index is -0.647. The maximum Gasteiger partial charge on any atom is 0.312 e. The van der Waals surface area contributed by atoms with E-state index >= 15 is 0 Å². The van der Waals surface area contributed by atoms with Crippen LogP contribution in [0.15, 0.2) is 23.3 Å². The van der Waals surface area contributed by atoms with Gasteiger partial charge in [-0.3, -0.25) is 14.2 Å². The zero-order chi connectivity index (χ0) is 25.3. The van der Waals surface area contributed by atoms with Crippen LogP contribution in [0.4, 0.5) is 5.69 Å². The van der Waals surface area contributed by atoms with E-state index in [1.807, 2.05) is 12.1 Å². The van der Waals surface area contributed by atoms with Crippen molar-refractivity contribution >= 4 is 22.6 Å². The molecule has 0 radical (unpaired) electrons. The first-order chi connectivity index (χ1) is 16.5. The van der Waals surface area contributed by atoms with Crippen LogP contribution in [0, 0.1) is 5.41 Å². The average Bonchev–Trinajstić information content (AvgIpc) is 3.30. The Morgan fingerprint density at radius 1 is 1.14 bits per heavy atom. The molecular weight excluding hydrogens is 446 g/mol. The first-order valence-corrected chi connectivity index (χ1v) is 12.5. The molecule has 0 saturated carbocycles. The molecule has 2 saturated heterocycles. The molecule has 2 aromatic rings. The second kappa shape index (κ2) is 10.1. The van der Waals surface area contributed by atoms with Crippen LogP contribution in [0.3, 0.4) is 0 Å². The van der Waals surface area contributed by atoms with E-state index in [1.165, 1.54) is 10.9 Å². The molecule has 0 spiro atoms. The van der Waals surface area contributed by atoms with E-state index in [-0.39, 0.29) is 24.4 Å². The standard InChI is InChI=1S/C26H39N5O4/c1-26(2,3)25(33)34-17-31-16-27-21-13-19(30-12-7-18(15-30)28(4)5)14-22(23(21)24(31)32)35-20-8-10-29(6)11-9-20/h13-14,16,18,20H,7-12,15,17H2,1-6H3/t18-/m1/s1. The molecule has 0 unspecified atom stereocenters. The number of carbonyl (C=O) groups excluding carboxylic acids is 1. The van der Waals surface area contributed by atoms with Crippen molar-refractivity contribution in [2.24, 2.45) is 5.41 Å². The number of piperidine rings is 1. The highest BCUT2D eigenvalue weighted by Gasteiger charge is 2.27. The number of hydrogen-bond donors (Lipinski definition) is 0. The third kappa shape index (κ3) is 5.78. The molecule has 1 aromatic carbocycles. The lowest BCUT2D eigenvalue weighted by Crippen LogP contribution is -2.36. The van der Waals surface area contributed by atoms with Gasteiger partial charge in [0.1, 0.15) is 23.6 Å². The summed E-state index contributed by atoms with van der Waals surface area (Å²) in [6.45, 7) is 8.97. The molecule has 9 heteroatoms. The van der Waals surface area contributed by atoms with Crippen LogP contribution in [-0.4, -0.2) is 84.8 Å². The van der Waals surface area contributed by atoms with Crippen molar-refractivity contribution in [3.63, 3.8) is 0 Å². The van der Waals surface area contributed by atoms with Crippen molar-refractivity contribution in [3.05, 3.63) is 28.8 Å². The highest BCUT2D eigenvalue weighted by molar-refractivity contribution is 5.88. The normalized spacial score (nSPS) is 20.1. The molecule has 2 aliphatic rings. The first-order valence-electron chi connectivity index (χ1n) is 12.5. The van der Waals surface area contributed by atoms with Crippen molar-refractivity contribution in [2.45, 2.75) is 58.9 Å². The van der Waals surface area contributed by atoms with Crippen LogP contribution in [-0.2, 0) is 16.3 Å². The molecule has 192 valence electrons. The van der Waals surface area contributed by atoms with Crippen molar-refractivity contribution in [1.82, 2.24) is 19.4 Å². The molecule has 4 rings (SSSR count). The lowest BCUT2D eigenvalue weighted by molar-refractivity contribution is -0.157. The molecule has 0 bridgehead atoms. The smallest absolute Gasteiger partial charge is 0.312 e. The lowest BCUT2D eigenvalue weighted by atomic mass is 9.98. The fraction of sp³-hybridized carbons (Fsp3) is 0.654. The summed E-state index contributed by atoms with van der Waals surface area (Å²) < 4.78 is 13.2. The maximum absolute atomic E-state index is 13.5. The number of benzene rings is 1. The Labute approximate surface area is 207 Å². The van der Waals surface area contributed by atoms with Gasteiger partial charge >= 0.3 is 5.97 Å². The van der Waals surface area contributed by atoms with Crippen LogP contribution in [0.5, 0.6) is 5.75 Å². The highest BCUT2D eigenvalue weighted by Crippen LogP contribution is 2.33. The van der Waals surface area contributed by atoms with Gasteiger partial charge in [-0.05, 0) is 67.2 Å². The summed E-state index contributed by atoms with van der Waals surface area (Å²) >= 11 is 0. The fourth-order valence-electron chi connectivity index (χ4n) is 4.62. The third-order valence-electron chi connectivity index (χ3n) is 7.04. The Balaban J connectivity index is 1.68. The van der Waals surface area contributed by atoms with Crippen molar-refractivity contribution in [2.75, 3.05) is 52.2 Å². The van der Waals surface area contributed by atoms with E-state index in [0.717, 1.165) is 51.1 Å². The van der Waals surface area contributed by atoms with E-state index in [9.17, 15) is 9.59 Å². The summed E-state index contributed by atoms with van der Waals surface area (Å²) in [7, 11) is 6.33. The molecule has 2 fully saturated rings. The monoisotopic (exact) mass is 485 g/mol. The Bertz CT molecular complexity index is 1120. The lowest BCUT2D eigenvalue weighted by Gasteiger charge is -2.30. The molecule has 0 aliphatic carbocycles. The maximum atomic E-state index is 13.5. The number of ether oxygens (including phenoxy) is 2. The molecule has 2 aliphatic heterocycles. The molecule has 1 aromatic heterocycles. The quantitative estimate of drug-likeness (QED) is 0.578. The third-order valence-corrected chi connectivity index (χ3v) is 7.04. The number of likely N-dealkylation sites (N-methyl/N-ethyl adjacent to an activating group) is 1.